The molecule has 1 amide bonds. The van der Waals surface area contributed by atoms with Gasteiger partial charge in [-0.3, -0.25) is 14.5 Å². The van der Waals surface area contributed by atoms with Crippen molar-refractivity contribution >= 4 is 17.4 Å². The molecular formula is C29H36N2O6. The van der Waals surface area contributed by atoms with Crippen LogP contribution in [0.5, 0.6) is 11.5 Å². The number of ketones is 1. The van der Waals surface area contributed by atoms with Crippen molar-refractivity contribution in [1.82, 2.24) is 9.80 Å². The third kappa shape index (κ3) is 6.14. The molecule has 37 heavy (non-hydrogen) atoms. The van der Waals surface area contributed by atoms with Crippen LogP contribution >= 0.6 is 0 Å². The minimum atomic E-state index is -0.749. The number of aliphatic hydroxyl groups is 1. The minimum absolute atomic E-state index is 0.0699. The largest absolute Gasteiger partial charge is 0.507 e. The summed E-state index contributed by atoms with van der Waals surface area (Å²) < 4.78 is 16.7. The van der Waals surface area contributed by atoms with E-state index in [4.69, 9.17) is 14.2 Å². The number of hydrogen-bond acceptors (Lipinski definition) is 7. The molecule has 0 saturated carbocycles. The molecule has 2 aliphatic rings. The van der Waals surface area contributed by atoms with E-state index in [9.17, 15) is 14.7 Å². The van der Waals surface area contributed by atoms with E-state index >= 15 is 0 Å². The van der Waals surface area contributed by atoms with Crippen LogP contribution in [0.15, 0.2) is 54.1 Å². The Balaban J connectivity index is 1.64. The first-order chi connectivity index (χ1) is 18.0. The van der Waals surface area contributed by atoms with Gasteiger partial charge in [-0.1, -0.05) is 31.5 Å². The number of ether oxygens (including phenoxy) is 3. The molecule has 2 saturated heterocycles. The predicted octanol–water partition coefficient (Wildman–Crippen LogP) is 4.02. The van der Waals surface area contributed by atoms with E-state index in [2.05, 4.69) is 11.8 Å². The van der Waals surface area contributed by atoms with Gasteiger partial charge in [-0.25, -0.2) is 0 Å². The molecule has 1 unspecified atom stereocenters. The van der Waals surface area contributed by atoms with Gasteiger partial charge in [0.1, 0.15) is 17.3 Å². The molecule has 0 aromatic heterocycles. The van der Waals surface area contributed by atoms with Crippen molar-refractivity contribution in [1.29, 1.82) is 0 Å². The van der Waals surface area contributed by atoms with Gasteiger partial charge in [0.15, 0.2) is 0 Å². The summed E-state index contributed by atoms with van der Waals surface area (Å²) in [6.07, 6.45) is 2.69. The van der Waals surface area contributed by atoms with Gasteiger partial charge < -0.3 is 24.2 Å². The summed E-state index contributed by atoms with van der Waals surface area (Å²) in [5.74, 6) is -0.264. The number of methoxy groups -OCH3 is 1. The molecule has 0 radical (unpaired) electrons. The van der Waals surface area contributed by atoms with Crippen LogP contribution in [-0.2, 0) is 14.3 Å². The number of likely N-dealkylation sites (tertiary alicyclic amines) is 1. The quantitative estimate of drug-likeness (QED) is 0.212. The highest BCUT2D eigenvalue weighted by molar-refractivity contribution is 6.46. The molecule has 0 aliphatic carbocycles. The number of hydrogen-bond donors (Lipinski definition) is 1. The Bertz CT molecular complexity index is 1110. The van der Waals surface area contributed by atoms with Crippen LogP contribution in [-0.4, -0.2) is 79.7 Å². The Labute approximate surface area is 218 Å². The molecule has 1 N–H and O–H groups in total. The van der Waals surface area contributed by atoms with E-state index in [1.807, 2.05) is 18.2 Å². The van der Waals surface area contributed by atoms with Crippen molar-refractivity contribution in [2.45, 2.75) is 32.2 Å². The number of unbranched alkanes of at least 4 members (excludes halogenated alkanes) is 1. The van der Waals surface area contributed by atoms with Crippen LogP contribution in [0.25, 0.3) is 5.76 Å². The number of para-hydroxylation sites is 1. The minimum Gasteiger partial charge on any atom is -0.507 e. The summed E-state index contributed by atoms with van der Waals surface area (Å²) in [5.41, 5.74) is 1.19. The van der Waals surface area contributed by atoms with E-state index in [1.54, 1.807) is 42.3 Å². The zero-order valence-corrected chi connectivity index (χ0v) is 21.7. The first-order valence-electron chi connectivity index (χ1n) is 13.0. The first-order valence-corrected chi connectivity index (χ1v) is 13.0. The van der Waals surface area contributed by atoms with Gasteiger partial charge in [0.05, 0.1) is 38.5 Å². The SMILES string of the molecule is CCCCOc1ccc(/C(O)=C2\C(=O)C(=O)N(CCCN3CCOCC3)C2c2ccccc2OC)cc1. The zero-order chi connectivity index (χ0) is 26.2. The van der Waals surface area contributed by atoms with Gasteiger partial charge in [0.2, 0.25) is 0 Å². The van der Waals surface area contributed by atoms with Gasteiger partial charge in [-0.05, 0) is 43.2 Å². The number of nitrogens with zero attached hydrogens (tertiary/aromatic N) is 2. The molecule has 2 fully saturated rings. The smallest absolute Gasteiger partial charge is 0.295 e. The lowest BCUT2D eigenvalue weighted by Gasteiger charge is -2.29. The van der Waals surface area contributed by atoms with E-state index in [0.717, 1.165) is 32.5 Å². The summed E-state index contributed by atoms with van der Waals surface area (Å²) in [4.78, 5) is 30.4. The topological polar surface area (TPSA) is 88.5 Å². The lowest BCUT2D eigenvalue weighted by molar-refractivity contribution is -0.140. The molecule has 4 rings (SSSR count). The Morgan fingerprint density at radius 2 is 1.76 bits per heavy atom. The second kappa shape index (κ2) is 12.7. The van der Waals surface area contributed by atoms with Crippen molar-refractivity contribution < 1.29 is 28.9 Å². The molecule has 2 aliphatic heterocycles. The van der Waals surface area contributed by atoms with Crippen molar-refractivity contribution in [3.8, 4) is 11.5 Å². The highest BCUT2D eigenvalue weighted by Gasteiger charge is 2.46. The van der Waals surface area contributed by atoms with Crippen LogP contribution < -0.4 is 9.47 Å². The Kier molecular flexibility index (Phi) is 9.19. The third-order valence-electron chi connectivity index (χ3n) is 6.84. The van der Waals surface area contributed by atoms with Crippen LogP contribution in [0, 0.1) is 0 Å². The second-order valence-corrected chi connectivity index (χ2v) is 9.27. The number of carbonyl (C=O) groups is 2. The summed E-state index contributed by atoms with van der Waals surface area (Å²) in [5, 5.41) is 11.3. The maximum absolute atomic E-state index is 13.3. The standard InChI is InChI=1S/C29H36N2O6/c1-3-4-18-37-22-12-10-21(11-13-22)27(32)25-26(23-8-5-6-9-24(23)35-2)31(29(34)28(25)33)15-7-14-30-16-19-36-20-17-30/h5-6,8-13,26,32H,3-4,7,14-20H2,1-2H3/b27-25+. The van der Waals surface area contributed by atoms with Crippen LogP contribution in [0.4, 0.5) is 0 Å². The number of Topliss-reactive ketones (excluding diaryl/α,β-unsaturated/α-hetero) is 1. The molecule has 8 heteroatoms. The lowest BCUT2D eigenvalue weighted by atomic mass is 9.94. The normalized spacial score (nSPS) is 19.8. The van der Waals surface area contributed by atoms with Gasteiger partial charge in [0, 0.05) is 37.3 Å². The molecule has 8 nitrogen and oxygen atoms in total. The average Bonchev–Trinajstić information content (AvgIpc) is 3.18. The summed E-state index contributed by atoms with van der Waals surface area (Å²) >= 11 is 0. The van der Waals surface area contributed by atoms with Crippen molar-refractivity contribution in [2.75, 3.05) is 53.1 Å². The fraction of sp³-hybridized carbons (Fsp3) is 0.448. The predicted molar refractivity (Wildman–Crippen MR) is 141 cm³/mol. The number of benzene rings is 2. The van der Waals surface area contributed by atoms with Crippen molar-refractivity contribution in [3.05, 3.63) is 65.2 Å². The Hall–Kier alpha value is -3.36. The van der Waals surface area contributed by atoms with Crippen LogP contribution in [0.2, 0.25) is 0 Å². The first kappa shape index (κ1) is 26.7. The summed E-state index contributed by atoms with van der Waals surface area (Å²) in [7, 11) is 1.56. The monoisotopic (exact) mass is 508 g/mol. The molecular weight excluding hydrogens is 472 g/mol. The lowest BCUT2D eigenvalue weighted by Crippen LogP contribution is -2.39. The second-order valence-electron chi connectivity index (χ2n) is 9.27. The maximum Gasteiger partial charge on any atom is 0.295 e. The number of amides is 1. The Morgan fingerprint density at radius 1 is 1.03 bits per heavy atom. The van der Waals surface area contributed by atoms with E-state index in [0.29, 0.717) is 55.4 Å². The molecule has 2 heterocycles. The van der Waals surface area contributed by atoms with Crippen molar-refractivity contribution in [2.24, 2.45) is 0 Å². The van der Waals surface area contributed by atoms with Crippen LogP contribution in [0.1, 0.15) is 43.4 Å². The van der Waals surface area contributed by atoms with Gasteiger partial charge >= 0.3 is 0 Å². The van der Waals surface area contributed by atoms with Gasteiger partial charge in [-0.15, -0.1) is 0 Å². The Morgan fingerprint density at radius 3 is 2.46 bits per heavy atom. The fourth-order valence-electron chi connectivity index (χ4n) is 4.81. The average molecular weight is 509 g/mol. The van der Waals surface area contributed by atoms with Gasteiger partial charge in [0.25, 0.3) is 11.7 Å². The molecule has 198 valence electrons. The molecule has 0 bridgehead atoms. The zero-order valence-electron chi connectivity index (χ0n) is 21.7. The molecule has 0 spiro atoms. The maximum atomic E-state index is 13.3. The summed E-state index contributed by atoms with van der Waals surface area (Å²) in [6, 6.07) is 13.5. The highest BCUT2D eigenvalue weighted by atomic mass is 16.5. The van der Waals surface area contributed by atoms with Crippen LogP contribution in [0.3, 0.4) is 0 Å². The highest BCUT2D eigenvalue weighted by Crippen LogP contribution is 2.42. The van der Waals surface area contributed by atoms with E-state index in [1.165, 1.54) is 0 Å². The van der Waals surface area contributed by atoms with E-state index in [-0.39, 0.29) is 11.3 Å². The number of aliphatic hydroxyl groups excluding tert-OH is 1. The molecule has 2 aromatic rings. The van der Waals surface area contributed by atoms with Gasteiger partial charge in [-0.2, -0.15) is 0 Å². The fourth-order valence-corrected chi connectivity index (χ4v) is 4.81. The number of morpholine rings is 1. The summed E-state index contributed by atoms with van der Waals surface area (Å²) in [6.45, 7) is 7.00. The third-order valence-corrected chi connectivity index (χ3v) is 6.84. The number of carbonyl (C=O) groups excluding carboxylic acids is 2. The molecule has 2 aromatic carbocycles. The van der Waals surface area contributed by atoms with Crippen molar-refractivity contribution in [3.63, 3.8) is 0 Å². The molecule has 1 atom stereocenters. The van der Waals surface area contributed by atoms with E-state index < -0.39 is 17.7 Å². The number of rotatable bonds is 11.